The molecule has 0 aromatic carbocycles. The Hall–Kier alpha value is -1.06. The number of hydrogen-bond acceptors (Lipinski definition) is 2. The van der Waals surface area contributed by atoms with Gasteiger partial charge in [0.2, 0.25) is 0 Å². The normalized spacial score (nSPS) is 41.1. The van der Waals surface area contributed by atoms with Gasteiger partial charge in [-0.15, -0.1) is 0 Å². The second-order valence-corrected chi connectivity index (χ2v) is 5.25. The maximum atomic E-state index is 11.5. The standard InChI is InChI=1S/C11H19N3O/c1-7-4-8(2)6-11(5-7)9(12)13-10(15)14(11)3/h7-8H,4-6H2,1-3H3,(H2,12,13,15). The van der Waals surface area contributed by atoms with E-state index < -0.39 is 0 Å². The molecule has 1 saturated heterocycles. The topological polar surface area (TPSA) is 56.2 Å². The van der Waals surface area contributed by atoms with E-state index in [9.17, 15) is 4.79 Å². The Labute approximate surface area is 90.5 Å². The SMILES string of the molecule is CC1CC(C)CC2(C1)C(=N)NC(=O)N2C. The molecule has 4 heteroatoms. The average Bonchev–Trinajstić information content (AvgIpc) is 2.30. The van der Waals surface area contributed by atoms with Gasteiger partial charge in [-0.1, -0.05) is 13.8 Å². The zero-order valence-electron chi connectivity index (χ0n) is 9.63. The van der Waals surface area contributed by atoms with E-state index in [-0.39, 0.29) is 11.6 Å². The monoisotopic (exact) mass is 209 g/mol. The van der Waals surface area contributed by atoms with Crippen LogP contribution in [0.3, 0.4) is 0 Å². The number of nitrogens with zero attached hydrogens (tertiary/aromatic N) is 1. The summed E-state index contributed by atoms with van der Waals surface area (Å²) in [5, 5.41) is 10.6. The van der Waals surface area contributed by atoms with Gasteiger partial charge in [0.15, 0.2) is 0 Å². The number of carbonyl (C=O) groups excluding carboxylic acids is 1. The minimum Gasteiger partial charge on any atom is -0.315 e. The molecule has 1 heterocycles. The quantitative estimate of drug-likeness (QED) is 0.628. The molecule has 2 N–H and O–H groups in total. The second-order valence-electron chi connectivity index (χ2n) is 5.25. The van der Waals surface area contributed by atoms with Crippen LogP contribution in [0.4, 0.5) is 4.79 Å². The molecule has 2 amide bonds. The molecule has 0 bridgehead atoms. The van der Waals surface area contributed by atoms with Crippen molar-refractivity contribution in [3.05, 3.63) is 0 Å². The summed E-state index contributed by atoms with van der Waals surface area (Å²) in [4.78, 5) is 13.3. The van der Waals surface area contributed by atoms with Crippen LogP contribution in [-0.2, 0) is 0 Å². The Morgan fingerprint density at radius 1 is 1.40 bits per heavy atom. The summed E-state index contributed by atoms with van der Waals surface area (Å²) in [5.41, 5.74) is -0.339. The van der Waals surface area contributed by atoms with Crippen molar-refractivity contribution >= 4 is 11.9 Å². The van der Waals surface area contributed by atoms with E-state index in [1.165, 1.54) is 6.42 Å². The zero-order valence-corrected chi connectivity index (χ0v) is 9.63. The van der Waals surface area contributed by atoms with Crippen LogP contribution in [0.1, 0.15) is 33.1 Å². The van der Waals surface area contributed by atoms with Crippen molar-refractivity contribution in [1.29, 1.82) is 5.41 Å². The van der Waals surface area contributed by atoms with E-state index in [1.807, 2.05) is 7.05 Å². The molecule has 2 aliphatic rings. The Morgan fingerprint density at radius 3 is 2.33 bits per heavy atom. The maximum Gasteiger partial charge on any atom is 0.323 e. The van der Waals surface area contributed by atoms with Crippen molar-refractivity contribution in [2.45, 2.75) is 38.6 Å². The number of likely N-dealkylation sites (N-methyl/N-ethyl adjacent to an activating group) is 1. The molecule has 4 nitrogen and oxygen atoms in total. The summed E-state index contributed by atoms with van der Waals surface area (Å²) in [6.45, 7) is 4.42. The molecular weight excluding hydrogens is 190 g/mol. The highest BCUT2D eigenvalue weighted by atomic mass is 16.2. The minimum atomic E-state index is -0.339. The first-order valence-electron chi connectivity index (χ1n) is 5.59. The lowest BCUT2D eigenvalue weighted by Crippen LogP contribution is -2.52. The second kappa shape index (κ2) is 3.22. The van der Waals surface area contributed by atoms with E-state index in [0.29, 0.717) is 17.7 Å². The van der Waals surface area contributed by atoms with Gasteiger partial charge < -0.3 is 4.90 Å². The third-order valence-corrected chi connectivity index (χ3v) is 3.82. The van der Waals surface area contributed by atoms with Gasteiger partial charge in [-0.2, -0.15) is 0 Å². The fraction of sp³-hybridized carbons (Fsp3) is 0.818. The van der Waals surface area contributed by atoms with Gasteiger partial charge in [0.25, 0.3) is 0 Å². The van der Waals surface area contributed by atoms with E-state index in [1.54, 1.807) is 4.90 Å². The summed E-state index contributed by atoms with van der Waals surface area (Å²) >= 11 is 0. The fourth-order valence-corrected chi connectivity index (χ4v) is 3.24. The molecule has 0 aromatic heterocycles. The summed E-state index contributed by atoms with van der Waals surface area (Å²) < 4.78 is 0. The number of nitrogens with one attached hydrogen (secondary N) is 2. The molecule has 0 radical (unpaired) electrons. The first-order chi connectivity index (χ1) is 6.95. The number of hydrogen-bond donors (Lipinski definition) is 2. The molecule has 2 fully saturated rings. The van der Waals surface area contributed by atoms with Gasteiger partial charge in [-0.3, -0.25) is 10.7 Å². The molecule has 15 heavy (non-hydrogen) atoms. The number of carbonyl (C=O) groups is 1. The van der Waals surface area contributed by atoms with Gasteiger partial charge in [0.05, 0.1) is 0 Å². The number of amides is 2. The van der Waals surface area contributed by atoms with Crippen LogP contribution in [0.2, 0.25) is 0 Å². The number of amidine groups is 1. The largest absolute Gasteiger partial charge is 0.323 e. The van der Waals surface area contributed by atoms with Gasteiger partial charge in [-0.05, 0) is 31.1 Å². The molecule has 1 aliphatic heterocycles. The summed E-state index contributed by atoms with van der Waals surface area (Å²) in [7, 11) is 1.81. The van der Waals surface area contributed by atoms with Crippen LogP contribution in [0.5, 0.6) is 0 Å². The van der Waals surface area contributed by atoms with E-state index in [0.717, 1.165) is 12.8 Å². The summed E-state index contributed by atoms with van der Waals surface area (Å²) in [6, 6.07) is -0.124. The van der Waals surface area contributed by atoms with Crippen LogP contribution in [0.25, 0.3) is 0 Å². The smallest absolute Gasteiger partial charge is 0.315 e. The first kappa shape index (κ1) is 10.5. The molecule has 1 aliphatic carbocycles. The van der Waals surface area contributed by atoms with Gasteiger partial charge in [0.1, 0.15) is 11.4 Å². The van der Waals surface area contributed by atoms with Crippen LogP contribution in [0, 0.1) is 17.2 Å². The highest BCUT2D eigenvalue weighted by Gasteiger charge is 2.51. The Bertz CT molecular complexity index is 303. The lowest BCUT2D eigenvalue weighted by molar-refractivity contribution is 0.121. The molecule has 84 valence electrons. The molecule has 1 spiro atoms. The predicted molar refractivity (Wildman–Crippen MR) is 58.9 cm³/mol. The van der Waals surface area contributed by atoms with Crippen molar-refractivity contribution < 1.29 is 4.79 Å². The average molecular weight is 209 g/mol. The third kappa shape index (κ3) is 1.43. The van der Waals surface area contributed by atoms with Crippen LogP contribution in [0.15, 0.2) is 0 Å². The van der Waals surface area contributed by atoms with Crippen molar-refractivity contribution in [2.75, 3.05) is 7.05 Å². The van der Waals surface area contributed by atoms with Crippen molar-refractivity contribution in [1.82, 2.24) is 10.2 Å². The Balaban J connectivity index is 2.31. The molecule has 2 atom stereocenters. The number of urea groups is 1. The maximum absolute atomic E-state index is 11.5. The molecule has 0 aromatic rings. The van der Waals surface area contributed by atoms with Crippen molar-refractivity contribution in [3.8, 4) is 0 Å². The highest BCUT2D eigenvalue weighted by Crippen LogP contribution is 2.41. The van der Waals surface area contributed by atoms with E-state index >= 15 is 0 Å². The van der Waals surface area contributed by atoms with Gasteiger partial charge >= 0.3 is 6.03 Å². The first-order valence-corrected chi connectivity index (χ1v) is 5.59. The highest BCUT2D eigenvalue weighted by molar-refractivity contribution is 6.08. The van der Waals surface area contributed by atoms with Gasteiger partial charge in [0, 0.05) is 7.05 Å². The minimum absolute atomic E-state index is 0.124. The molecule has 2 rings (SSSR count). The molecule has 1 saturated carbocycles. The van der Waals surface area contributed by atoms with Crippen molar-refractivity contribution in [3.63, 3.8) is 0 Å². The summed E-state index contributed by atoms with van der Waals surface area (Å²) in [6.07, 6.45) is 3.05. The van der Waals surface area contributed by atoms with Crippen LogP contribution >= 0.6 is 0 Å². The lowest BCUT2D eigenvalue weighted by atomic mass is 9.71. The molecular formula is C11H19N3O. The Morgan fingerprint density at radius 2 is 1.93 bits per heavy atom. The van der Waals surface area contributed by atoms with Gasteiger partial charge in [-0.25, -0.2) is 4.79 Å². The van der Waals surface area contributed by atoms with E-state index in [4.69, 9.17) is 5.41 Å². The predicted octanol–water partition coefficient (Wildman–Crippen LogP) is 1.81. The lowest BCUT2D eigenvalue weighted by Gasteiger charge is -2.43. The third-order valence-electron chi connectivity index (χ3n) is 3.82. The fourth-order valence-electron chi connectivity index (χ4n) is 3.24. The number of rotatable bonds is 0. The van der Waals surface area contributed by atoms with E-state index in [2.05, 4.69) is 19.2 Å². The van der Waals surface area contributed by atoms with Crippen LogP contribution in [-0.4, -0.2) is 29.4 Å². The van der Waals surface area contributed by atoms with Crippen molar-refractivity contribution in [2.24, 2.45) is 11.8 Å². The van der Waals surface area contributed by atoms with Crippen LogP contribution < -0.4 is 5.32 Å². The Kier molecular flexibility index (Phi) is 2.24. The zero-order chi connectivity index (χ0) is 11.2. The molecule has 2 unspecified atom stereocenters. The summed E-state index contributed by atoms with van der Waals surface area (Å²) in [5.74, 6) is 1.57.